The van der Waals surface area contributed by atoms with E-state index in [4.69, 9.17) is 10.8 Å². The molecule has 0 spiro atoms. The number of nitrogens with two attached hydrogens (primary N) is 1. The molecule has 1 aromatic rings. The van der Waals surface area contributed by atoms with E-state index in [1.807, 2.05) is 38.1 Å². The normalized spacial score (nSPS) is 13.4. The first-order valence-electron chi connectivity index (χ1n) is 5.55. The standard InChI is InChI=1S/C13H19NO3/c1-13(2,8-15)10-5-3-9(4-6-10)7-11(14)12(16)17/h3-6,11,15H,7-8,14H2,1-2H3,(H,16,17). The van der Waals surface area contributed by atoms with Crippen LogP contribution in [0.3, 0.4) is 0 Å². The van der Waals surface area contributed by atoms with Gasteiger partial charge in [0, 0.05) is 5.41 Å². The Hall–Kier alpha value is -1.39. The summed E-state index contributed by atoms with van der Waals surface area (Å²) < 4.78 is 0. The van der Waals surface area contributed by atoms with E-state index < -0.39 is 12.0 Å². The predicted octanol–water partition coefficient (Wildman–Crippen LogP) is 0.911. The van der Waals surface area contributed by atoms with Crippen molar-refractivity contribution in [2.24, 2.45) is 5.73 Å². The van der Waals surface area contributed by atoms with Crippen LogP contribution in [0.15, 0.2) is 24.3 Å². The van der Waals surface area contributed by atoms with E-state index in [0.29, 0.717) is 6.42 Å². The lowest BCUT2D eigenvalue weighted by atomic mass is 9.85. The van der Waals surface area contributed by atoms with Gasteiger partial charge in [-0.3, -0.25) is 4.79 Å². The molecule has 0 amide bonds. The highest BCUT2D eigenvalue weighted by Gasteiger charge is 2.19. The van der Waals surface area contributed by atoms with Crippen molar-refractivity contribution in [2.45, 2.75) is 31.7 Å². The molecule has 17 heavy (non-hydrogen) atoms. The maximum atomic E-state index is 10.6. The average molecular weight is 237 g/mol. The third-order valence-corrected chi connectivity index (χ3v) is 2.90. The minimum absolute atomic E-state index is 0.0704. The van der Waals surface area contributed by atoms with Crippen molar-refractivity contribution in [3.8, 4) is 0 Å². The Kier molecular flexibility index (Phi) is 4.26. The summed E-state index contributed by atoms with van der Waals surface area (Å²) in [5.74, 6) is -0.996. The first-order chi connectivity index (χ1) is 7.86. The molecule has 0 aliphatic heterocycles. The van der Waals surface area contributed by atoms with Crippen LogP contribution >= 0.6 is 0 Å². The van der Waals surface area contributed by atoms with Gasteiger partial charge >= 0.3 is 5.97 Å². The Bertz CT molecular complexity index is 384. The number of hydrogen-bond acceptors (Lipinski definition) is 3. The van der Waals surface area contributed by atoms with Gasteiger partial charge in [0.15, 0.2) is 0 Å². The fourth-order valence-electron chi connectivity index (χ4n) is 1.52. The number of benzene rings is 1. The van der Waals surface area contributed by atoms with Gasteiger partial charge < -0.3 is 15.9 Å². The van der Waals surface area contributed by atoms with Crippen LogP contribution in [0.2, 0.25) is 0 Å². The van der Waals surface area contributed by atoms with Crippen LogP contribution in [0.5, 0.6) is 0 Å². The molecule has 0 aromatic heterocycles. The Morgan fingerprint density at radius 1 is 1.35 bits per heavy atom. The van der Waals surface area contributed by atoms with Crippen molar-refractivity contribution in [1.82, 2.24) is 0 Å². The Balaban J connectivity index is 2.78. The molecule has 1 unspecified atom stereocenters. The lowest BCUT2D eigenvalue weighted by Crippen LogP contribution is -2.32. The summed E-state index contributed by atoms with van der Waals surface area (Å²) in [5.41, 5.74) is 7.08. The first kappa shape index (κ1) is 13.7. The Morgan fingerprint density at radius 3 is 2.29 bits per heavy atom. The average Bonchev–Trinajstić information content (AvgIpc) is 2.29. The molecule has 0 bridgehead atoms. The molecule has 94 valence electrons. The van der Waals surface area contributed by atoms with Crippen molar-refractivity contribution in [2.75, 3.05) is 6.61 Å². The van der Waals surface area contributed by atoms with Crippen molar-refractivity contribution in [1.29, 1.82) is 0 Å². The van der Waals surface area contributed by atoms with Crippen LogP contribution < -0.4 is 5.73 Å². The molecule has 0 saturated carbocycles. The second-order valence-electron chi connectivity index (χ2n) is 4.89. The van der Waals surface area contributed by atoms with Gasteiger partial charge in [-0.1, -0.05) is 38.1 Å². The van der Waals surface area contributed by atoms with Gasteiger partial charge in [0.05, 0.1) is 6.61 Å². The third kappa shape index (κ3) is 3.54. The topological polar surface area (TPSA) is 83.5 Å². The molecule has 4 nitrogen and oxygen atoms in total. The summed E-state index contributed by atoms with van der Waals surface area (Å²) in [5, 5.41) is 17.9. The quantitative estimate of drug-likeness (QED) is 0.710. The maximum Gasteiger partial charge on any atom is 0.320 e. The second kappa shape index (κ2) is 5.29. The first-order valence-corrected chi connectivity index (χ1v) is 5.55. The highest BCUT2D eigenvalue weighted by Crippen LogP contribution is 2.22. The van der Waals surface area contributed by atoms with E-state index in [2.05, 4.69) is 0 Å². The molecule has 4 N–H and O–H groups in total. The van der Waals surface area contributed by atoms with Gasteiger partial charge in [0.2, 0.25) is 0 Å². The molecule has 0 heterocycles. The van der Waals surface area contributed by atoms with E-state index in [9.17, 15) is 9.90 Å². The van der Waals surface area contributed by atoms with Crippen LogP contribution in [0, 0.1) is 0 Å². The molecule has 0 aliphatic carbocycles. The SMILES string of the molecule is CC(C)(CO)c1ccc(CC(N)C(=O)O)cc1. The number of carboxylic acids is 1. The number of carbonyl (C=O) groups is 1. The van der Waals surface area contributed by atoms with Gasteiger partial charge in [-0.15, -0.1) is 0 Å². The Morgan fingerprint density at radius 2 is 1.88 bits per heavy atom. The van der Waals surface area contributed by atoms with Gasteiger partial charge in [-0.25, -0.2) is 0 Å². The molecule has 1 aromatic carbocycles. The fourth-order valence-corrected chi connectivity index (χ4v) is 1.52. The van der Waals surface area contributed by atoms with E-state index in [1.54, 1.807) is 0 Å². The molecule has 0 saturated heterocycles. The molecule has 4 heteroatoms. The number of rotatable bonds is 5. The molecular formula is C13H19NO3. The summed E-state index contributed by atoms with van der Waals surface area (Å²) in [4.78, 5) is 10.6. The molecule has 1 rings (SSSR count). The summed E-state index contributed by atoms with van der Waals surface area (Å²) in [6.07, 6.45) is 0.315. The molecule has 0 aliphatic rings. The van der Waals surface area contributed by atoms with Gasteiger partial charge in [-0.2, -0.15) is 0 Å². The zero-order valence-electron chi connectivity index (χ0n) is 10.2. The van der Waals surface area contributed by atoms with E-state index >= 15 is 0 Å². The maximum absolute atomic E-state index is 10.6. The number of aliphatic carboxylic acids is 1. The molecule has 1 atom stereocenters. The van der Waals surface area contributed by atoms with Gasteiger partial charge in [0.1, 0.15) is 6.04 Å². The largest absolute Gasteiger partial charge is 0.480 e. The zero-order chi connectivity index (χ0) is 13.1. The zero-order valence-corrected chi connectivity index (χ0v) is 10.2. The highest BCUT2D eigenvalue weighted by atomic mass is 16.4. The monoisotopic (exact) mass is 237 g/mol. The van der Waals surface area contributed by atoms with Crippen LogP contribution in [0.4, 0.5) is 0 Å². The minimum Gasteiger partial charge on any atom is -0.480 e. The lowest BCUT2D eigenvalue weighted by molar-refractivity contribution is -0.138. The van der Waals surface area contributed by atoms with Crippen molar-refractivity contribution in [3.05, 3.63) is 35.4 Å². The van der Waals surface area contributed by atoms with Crippen molar-refractivity contribution < 1.29 is 15.0 Å². The number of aliphatic hydroxyl groups excluding tert-OH is 1. The summed E-state index contributed by atoms with van der Waals surface area (Å²) >= 11 is 0. The minimum atomic E-state index is -0.996. The second-order valence-corrected chi connectivity index (χ2v) is 4.89. The summed E-state index contributed by atoms with van der Waals surface area (Å²) in [6.45, 7) is 3.97. The number of carboxylic acid groups (broad SMARTS) is 1. The van der Waals surface area contributed by atoms with Crippen LogP contribution in [0.25, 0.3) is 0 Å². The van der Waals surface area contributed by atoms with Crippen molar-refractivity contribution in [3.63, 3.8) is 0 Å². The van der Waals surface area contributed by atoms with Gasteiger partial charge in [-0.05, 0) is 17.5 Å². The van der Waals surface area contributed by atoms with E-state index in [1.165, 1.54) is 0 Å². The summed E-state index contributed by atoms with van der Waals surface area (Å²) in [6, 6.07) is 6.65. The van der Waals surface area contributed by atoms with Crippen LogP contribution in [0.1, 0.15) is 25.0 Å². The highest BCUT2D eigenvalue weighted by molar-refractivity contribution is 5.73. The Labute approximate surface area is 101 Å². The molecule has 0 fully saturated rings. The predicted molar refractivity (Wildman–Crippen MR) is 65.9 cm³/mol. The number of hydrogen-bond donors (Lipinski definition) is 3. The lowest BCUT2D eigenvalue weighted by Gasteiger charge is -2.22. The third-order valence-electron chi connectivity index (χ3n) is 2.90. The molecule has 0 radical (unpaired) electrons. The number of aliphatic hydroxyl groups is 1. The fraction of sp³-hybridized carbons (Fsp3) is 0.462. The smallest absolute Gasteiger partial charge is 0.320 e. The van der Waals surface area contributed by atoms with Crippen LogP contribution in [-0.2, 0) is 16.6 Å². The van der Waals surface area contributed by atoms with E-state index in [0.717, 1.165) is 11.1 Å². The van der Waals surface area contributed by atoms with Crippen molar-refractivity contribution >= 4 is 5.97 Å². The summed E-state index contributed by atoms with van der Waals surface area (Å²) in [7, 11) is 0. The van der Waals surface area contributed by atoms with E-state index in [-0.39, 0.29) is 12.0 Å². The molecular weight excluding hydrogens is 218 g/mol. The van der Waals surface area contributed by atoms with Crippen LogP contribution in [-0.4, -0.2) is 28.8 Å². The van der Waals surface area contributed by atoms with Gasteiger partial charge in [0.25, 0.3) is 0 Å².